The van der Waals surface area contributed by atoms with Crippen molar-refractivity contribution in [1.29, 1.82) is 0 Å². The fourth-order valence-corrected chi connectivity index (χ4v) is 2.94. The van der Waals surface area contributed by atoms with Crippen molar-refractivity contribution in [3.05, 3.63) is 29.8 Å². The summed E-state index contributed by atoms with van der Waals surface area (Å²) in [5.74, 6) is 0. The zero-order chi connectivity index (χ0) is 15.7. The molecule has 0 bridgehead atoms. The highest BCUT2D eigenvalue weighted by molar-refractivity contribution is 7.89. The van der Waals surface area contributed by atoms with Crippen LogP contribution in [0.25, 0.3) is 0 Å². The summed E-state index contributed by atoms with van der Waals surface area (Å²) < 4.78 is 39.3. The lowest BCUT2D eigenvalue weighted by atomic mass is 10.1. The third kappa shape index (κ3) is 5.61. The normalized spacial score (nSPS) is 14.0. The average Bonchev–Trinajstić information content (AvgIpc) is 2.45. The van der Waals surface area contributed by atoms with E-state index in [1.165, 1.54) is 0 Å². The van der Waals surface area contributed by atoms with E-state index in [9.17, 15) is 8.42 Å². The van der Waals surface area contributed by atoms with Gasteiger partial charge in [0.25, 0.3) is 0 Å². The predicted molar refractivity (Wildman–Crippen MR) is 81.3 cm³/mol. The Hall–Kier alpha value is -0.910. The molecule has 0 saturated carbocycles. The number of nitrogens with one attached hydrogen (secondary N) is 1. The Labute approximate surface area is 124 Å². The number of methoxy groups -OCH3 is 1. The molecular weight excluding hydrogens is 274 g/mol. The molecule has 0 aromatic heterocycles. The van der Waals surface area contributed by atoms with Gasteiger partial charge in [0.2, 0.25) is 10.0 Å². The SMILES string of the molecule is [2H]COC(CCCCC)CNS(=O)(=O)c1ccc(C)cc1. The summed E-state index contributed by atoms with van der Waals surface area (Å²) in [7, 11) is -3.66. The second-order valence-corrected chi connectivity index (χ2v) is 6.72. The van der Waals surface area contributed by atoms with Crippen molar-refractivity contribution in [1.82, 2.24) is 4.72 Å². The molecule has 114 valence electrons. The van der Waals surface area contributed by atoms with Crippen LogP contribution in [0.5, 0.6) is 0 Å². The highest BCUT2D eigenvalue weighted by Crippen LogP contribution is 2.11. The van der Waals surface area contributed by atoms with Gasteiger partial charge < -0.3 is 4.74 Å². The number of rotatable bonds is 9. The van der Waals surface area contributed by atoms with Crippen LogP contribution in [0.1, 0.15) is 39.5 Å². The molecular formula is C15H25NO3S. The molecule has 1 unspecified atom stereocenters. The lowest BCUT2D eigenvalue weighted by Gasteiger charge is -2.16. The number of sulfonamides is 1. The largest absolute Gasteiger partial charge is 0.380 e. The van der Waals surface area contributed by atoms with Gasteiger partial charge in [-0.2, -0.15) is 0 Å². The molecule has 1 rings (SSSR count). The molecule has 0 radical (unpaired) electrons. The van der Waals surface area contributed by atoms with Crippen LogP contribution in [0.2, 0.25) is 0 Å². The maximum absolute atomic E-state index is 12.2. The Balaban J connectivity index is 2.58. The molecule has 1 aromatic rings. The van der Waals surface area contributed by atoms with Gasteiger partial charge in [0.1, 0.15) is 0 Å². The van der Waals surface area contributed by atoms with Gasteiger partial charge in [0.05, 0.1) is 12.4 Å². The van der Waals surface area contributed by atoms with Crippen LogP contribution < -0.4 is 4.72 Å². The van der Waals surface area contributed by atoms with Gasteiger partial charge in [-0.25, -0.2) is 13.1 Å². The minimum absolute atomic E-state index is 0.150. The molecule has 0 heterocycles. The summed E-state index contributed by atoms with van der Waals surface area (Å²) in [6, 6.07) is 6.73. The average molecular weight is 300 g/mol. The van der Waals surface area contributed by atoms with E-state index in [0.29, 0.717) is 0 Å². The number of hydrogen-bond donors (Lipinski definition) is 1. The van der Waals surface area contributed by atoms with Crippen LogP contribution in [-0.4, -0.2) is 28.2 Å². The Morgan fingerprint density at radius 1 is 1.30 bits per heavy atom. The van der Waals surface area contributed by atoms with Crippen molar-refractivity contribution in [2.45, 2.75) is 50.5 Å². The van der Waals surface area contributed by atoms with Gasteiger partial charge in [-0.1, -0.05) is 43.9 Å². The fourth-order valence-electron chi connectivity index (χ4n) is 1.87. The summed E-state index contributed by atoms with van der Waals surface area (Å²) in [6.07, 6.45) is 3.69. The van der Waals surface area contributed by atoms with Gasteiger partial charge in [-0.3, -0.25) is 0 Å². The van der Waals surface area contributed by atoms with E-state index in [2.05, 4.69) is 11.6 Å². The molecule has 4 nitrogen and oxygen atoms in total. The molecule has 0 fully saturated rings. The first-order valence-electron chi connectivity index (χ1n) is 7.67. The van der Waals surface area contributed by atoms with Crippen LogP contribution in [0.4, 0.5) is 0 Å². The monoisotopic (exact) mass is 300 g/mol. The maximum atomic E-state index is 12.2. The number of aryl methyl sites for hydroxylation is 1. The molecule has 0 saturated heterocycles. The molecule has 0 spiro atoms. The van der Waals surface area contributed by atoms with Gasteiger partial charge >= 0.3 is 0 Å². The lowest BCUT2D eigenvalue weighted by molar-refractivity contribution is 0.0967. The van der Waals surface area contributed by atoms with Crippen molar-refractivity contribution >= 4 is 10.0 Å². The first kappa shape index (κ1) is 15.5. The van der Waals surface area contributed by atoms with Crippen molar-refractivity contribution < 1.29 is 14.5 Å². The zero-order valence-corrected chi connectivity index (χ0v) is 13.1. The summed E-state index contributed by atoms with van der Waals surface area (Å²) in [4.78, 5) is 0.256. The Kier molecular flexibility index (Phi) is 6.50. The highest BCUT2D eigenvalue weighted by atomic mass is 32.2. The molecule has 1 N–H and O–H groups in total. The molecule has 5 heteroatoms. The molecule has 0 aliphatic heterocycles. The quantitative estimate of drug-likeness (QED) is 0.713. The standard InChI is InChI=1S/C15H25NO3S/c1-4-5-6-7-14(19-3)12-16-20(17,18)15-10-8-13(2)9-11-15/h8-11,14,16H,4-7,12H2,1-3H3/i3D. The van der Waals surface area contributed by atoms with E-state index in [1.54, 1.807) is 24.3 Å². The van der Waals surface area contributed by atoms with E-state index >= 15 is 0 Å². The second kappa shape index (κ2) is 8.39. The molecule has 1 aromatic carbocycles. The zero-order valence-electron chi connectivity index (χ0n) is 13.3. The topological polar surface area (TPSA) is 55.4 Å². The van der Waals surface area contributed by atoms with Crippen molar-refractivity contribution in [3.8, 4) is 0 Å². The van der Waals surface area contributed by atoms with Crippen LogP contribution in [0.3, 0.4) is 0 Å². The van der Waals surface area contributed by atoms with Crippen molar-refractivity contribution in [3.63, 3.8) is 0 Å². The summed E-state index contributed by atoms with van der Waals surface area (Å²) in [6.45, 7) is 4.23. The summed E-state index contributed by atoms with van der Waals surface area (Å²) in [5.41, 5.74) is 1.02. The molecule has 0 aliphatic rings. The first-order chi connectivity index (χ1) is 9.99. The maximum Gasteiger partial charge on any atom is 0.240 e. The number of unbranched alkanes of at least 4 members (excludes halogenated alkanes) is 2. The third-order valence-corrected chi connectivity index (χ3v) is 4.64. The minimum atomic E-state index is -3.51. The molecule has 1 atom stereocenters. The fraction of sp³-hybridized carbons (Fsp3) is 0.600. The molecule has 0 aliphatic carbocycles. The summed E-state index contributed by atoms with van der Waals surface area (Å²) in [5, 5.41) is 0. The van der Waals surface area contributed by atoms with E-state index in [0.717, 1.165) is 31.2 Å². The molecule has 0 amide bonds. The lowest BCUT2D eigenvalue weighted by Crippen LogP contribution is -2.33. The van der Waals surface area contributed by atoms with E-state index < -0.39 is 10.0 Å². The Morgan fingerprint density at radius 3 is 2.60 bits per heavy atom. The Bertz CT molecular complexity index is 502. The van der Waals surface area contributed by atoms with Crippen LogP contribution >= 0.6 is 0 Å². The summed E-state index contributed by atoms with van der Waals surface area (Å²) >= 11 is 0. The number of benzene rings is 1. The smallest absolute Gasteiger partial charge is 0.240 e. The first-order valence-corrected chi connectivity index (χ1v) is 8.45. The van der Waals surface area contributed by atoms with Gasteiger partial charge in [0, 0.05) is 13.6 Å². The van der Waals surface area contributed by atoms with Crippen molar-refractivity contribution in [2.24, 2.45) is 0 Å². The van der Waals surface area contributed by atoms with E-state index in [1.807, 2.05) is 6.92 Å². The minimum Gasteiger partial charge on any atom is -0.380 e. The predicted octanol–water partition coefficient (Wildman–Crippen LogP) is 2.87. The van der Waals surface area contributed by atoms with Crippen molar-refractivity contribution in [2.75, 3.05) is 13.6 Å². The third-order valence-electron chi connectivity index (χ3n) is 3.20. The van der Waals surface area contributed by atoms with Crippen LogP contribution in [0.15, 0.2) is 29.2 Å². The number of hydrogen-bond acceptors (Lipinski definition) is 3. The van der Waals surface area contributed by atoms with Gasteiger partial charge in [-0.05, 0) is 25.5 Å². The highest BCUT2D eigenvalue weighted by Gasteiger charge is 2.16. The van der Waals surface area contributed by atoms with Crippen LogP contribution in [-0.2, 0) is 14.8 Å². The van der Waals surface area contributed by atoms with Gasteiger partial charge in [0.15, 0.2) is 0 Å². The molecule has 20 heavy (non-hydrogen) atoms. The van der Waals surface area contributed by atoms with Crippen LogP contribution in [0, 0.1) is 6.92 Å². The van der Waals surface area contributed by atoms with E-state index in [4.69, 9.17) is 6.11 Å². The van der Waals surface area contributed by atoms with E-state index in [-0.39, 0.29) is 24.6 Å². The Morgan fingerprint density at radius 2 is 2.00 bits per heavy atom. The van der Waals surface area contributed by atoms with Gasteiger partial charge in [-0.15, -0.1) is 0 Å². The number of ether oxygens (including phenoxy) is 1. The second-order valence-electron chi connectivity index (χ2n) is 4.95.